The van der Waals surface area contributed by atoms with Gasteiger partial charge < -0.3 is 25.0 Å². The molecule has 0 aromatic carbocycles. The Hall–Kier alpha value is -2.99. The van der Waals surface area contributed by atoms with Crippen molar-refractivity contribution in [3.8, 4) is 0 Å². The van der Waals surface area contributed by atoms with Crippen LogP contribution in [0, 0.1) is 0 Å². The number of hydrogen-bond acceptors (Lipinski definition) is 8. The molecule has 0 radical (unpaired) electrons. The van der Waals surface area contributed by atoms with Crippen molar-refractivity contribution in [2.24, 2.45) is 0 Å². The van der Waals surface area contributed by atoms with Gasteiger partial charge in [-0.25, -0.2) is 28.1 Å². The number of aliphatic hydroxyl groups excluding tert-OH is 2. The van der Waals surface area contributed by atoms with Crippen LogP contribution < -0.4 is 10.2 Å². The largest absolute Gasteiger partial charge is 0.390 e. The van der Waals surface area contributed by atoms with Crippen molar-refractivity contribution in [1.29, 1.82) is 0 Å². The van der Waals surface area contributed by atoms with Crippen LogP contribution in [-0.2, 0) is 6.61 Å². The topological polar surface area (TPSA) is 112 Å². The number of aromatic nitrogens is 5. The second-order valence-corrected chi connectivity index (χ2v) is 7.93. The number of piperidine rings is 1. The molecule has 1 saturated heterocycles. The van der Waals surface area contributed by atoms with Crippen LogP contribution >= 0.6 is 0 Å². The van der Waals surface area contributed by atoms with E-state index < -0.39 is 30.8 Å². The van der Waals surface area contributed by atoms with E-state index in [-0.39, 0.29) is 18.8 Å². The monoisotopic (exact) mass is 451 g/mol. The Morgan fingerprint density at radius 3 is 2.75 bits per heavy atom. The summed E-state index contributed by atoms with van der Waals surface area (Å²) in [6.07, 6.45) is 0.839. The van der Waals surface area contributed by atoms with Gasteiger partial charge in [0.05, 0.1) is 30.4 Å². The number of imidazole rings is 1. The zero-order valence-electron chi connectivity index (χ0n) is 17.6. The lowest BCUT2D eigenvalue weighted by atomic mass is 10.1. The number of aliphatic hydroxyl groups is 2. The van der Waals surface area contributed by atoms with Gasteiger partial charge in [-0.1, -0.05) is 0 Å². The summed E-state index contributed by atoms with van der Waals surface area (Å²) in [5.41, 5.74) is 0.764. The molecule has 3 N–H and O–H groups in total. The van der Waals surface area contributed by atoms with Crippen LogP contribution in [0.15, 0.2) is 24.5 Å². The van der Waals surface area contributed by atoms with Gasteiger partial charge >= 0.3 is 0 Å². The highest BCUT2D eigenvalue weighted by Gasteiger charge is 2.34. The van der Waals surface area contributed by atoms with Crippen molar-refractivity contribution < 1.29 is 23.4 Å². The maximum atomic E-state index is 14.0. The minimum Gasteiger partial charge on any atom is -0.390 e. The molecule has 0 amide bonds. The molecule has 4 heterocycles. The molecule has 0 saturated carbocycles. The fraction of sp³-hybridized carbons (Fsp3) is 0.500. The standard InChI is InChI=1S/C20H24F3N7O2/c1-11(20(2,22)23)30-14-7-17(25-8-13(14)26-18(30)10-31)27-16-3-5-24-19(28-16)29-6-4-15(32)12(21)9-29/h3,5,7-8,11-12,15,31-32H,4,6,9-10H2,1-2H3,(H,24,25,27,28)/t11-,12+,15?/m0/s1. The van der Waals surface area contributed by atoms with E-state index in [1.54, 1.807) is 17.0 Å². The molecule has 32 heavy (non-hydrogen) atoms. The number of fused-ring (bicyclic) bond motifs is 1. The van der Waals surface area contributed by atoms with Gasteiger partial charge in [-0.2, -0.15) is 4.98 Å². The molecular weight excluding hydrogens is 427 g/mol. The van der Waals surface area contributed by atoms with Crippen LogP contribution in [0.3, 0.4) is 0 Å². The van der Waals surface area contributed by atoms with Crippen molar-refractivity contribution in [3.05, 3.63) is 30.4 Å². The Labute approximate surface area is 182 Å². The van der Waals surface area contributed by atoms with E-state index in [4.69, 9.17) is 0 Å². The Kier molecular flexibility index (Phi) is 5.91. The number of halogens is 3. The lowest BCUT2D eigenvalue weighted by Gasteiger charge is -2.32. The molecule has 0 spiro atoms. The highest BCUT2D eigenvalue weighted by molar-refractivity contribution is 5.79. The molecule has 1 fully saturated rings. The number of nitrogens with zero attached hydrogens (tertiary/aromatic N) is 6. The van der Waals surface area contributed by atoms with Crippen LogP contribution in [0.4, 0.5) is 30.8 Å². The SMILES string of the molecule is C[C@H](n1c(CO)nc2cnc(Nc3ccnc(N4CCC(O)[C@H](F)C4)n3)cc21)C(C)(F)F. The first kappa shape index (κ1) is 22.2. The van der Waals surface area contributed by atoms with E-state index >= 15 is 0 Å². The Morgan fingerprint density at radius 2 is 2.06 bits per heavy atom. The third-order valence-corrected chi connectivity index (χ3v) is 5.60. The smallest absolute Gasteiger partial charge is 0.265 e. The maximum Gasteiger partial charge on any atom is 0.265 e. The minimum atomic E-state index is -3.04. The van der Waals surface area contributed by atoms with Crippen LogP contribution in [0.2, 0.25) is 0 Å². The fourth-order valence-corrected chi connectivity index (χ4v) is 3.66. The molecular formula is C20H24F3N7O2. The van der Waals surface area contributed by atoms with Crippen LogP contribution in [0.5, 0.6) is 0 Å². The van der Waals surface area contributed by atoms with Crippen LogP contribution in [0.25, 0.3) is 11.0 Å². The number of pyridine rings is 1. The van der Waals surface area contributed by atoms with Gasteiger partial charge in [-0.05, 0) is 19.4 Å². The lowest BCUT2D eigenvalue weighted by molar-refractivity contribution is -0.0263. The molecule has 1 aliphatic rings. The average Bonchev–Trinajstić information content (AvgIpc) is 3.12. The number of alkyl halides is 3. The summed E-state index contributed by atoms with van der Waals surface area (Å²) in [5.74, 6) is -1.91. The summed E-state index contributed by atoms with van der Waals surface area (Å²) >= 11 is 0. The van der Waals surface area contributed by atoms with Crippen molar-refractivity contribution in [3.63, 3.8) is 0 Å². The summed E-state index contributed by atoms with van der Waals surface area (Å²) in [5, 5.41) is 22.2. The van der Waals surface area contributed by atoms with E-state index in [1.807, 2.05) is 0 Å². The van der Waals surface area contributed by atoms with Gasteiger partial charge in [0.25, 0.3) is 5.92 Å². The third kappa shape index (κ3) is 4.32. The van der Waals surface area contributed by atoms with E-state index in [2.05, 4.69) is 25.3 Å². The number of hydrogen-bond donors (Lipinski definition) is 3. The molecule has 4 rings (SSSR count). The molecule has 0 bridgehead atoms. The molecule has 3 aromatic rings. The van der Waals surface area contributed by atoms with Crippen molar-refractivity contribution in [2.45, 2.75) is 51.1 Å². The Balaban J connectivity index is 1.63. The Bertz CT molecular complexity index is 1100. The van der Waals surface area contributed by atoms with Crippen molar-refractivity contribution >= 4 is 28.6 Å². The molecule has 9 nitrogen and oxygen atoms in total. The van der Waals surface area contributed by atoms with Gasteiger partial charge in [-0.15, -0.1) is 0 Å². The predicted octanol–water partition coefficient (Wildman–Crippen LogP) is 2.58. The minimum absolute atomic E-state index is 0.0128. The van der Waals surface area contributed by atoms with Gasteiger partial charge in [0, 0.05) is 25.7 Å². The summed E-state index contributed by atoms with van der Waals surface area (Å²) in [6, 6.07) is 1.92. The molecule has 12 heteroatoms. The number of nitrogens with one attached hydrogen (secondary N) is 1. The van der Waals surface area contributed by atoms with Crippen molar-refractivity contribution in [1.82, 2.24) is 24.5 Å². The zero-order chi connectivity index (χ0) is 23.0. The van der Waals surface area contributed by atoms with Crippen LogP contribution in [0.1, 0.15) is 32.1 Å². The normalized spacial score (nSPS) is 20.5. The third-order valence-electron chi connectivity index (χ3n) is 5.60. The van der Waals surface area contributed by atoms with Gasteiger partial charge in [-0.3, -0.25) is 0 Å². The first-order chi connectivity index (χ1) is 15.2. The van der Waals surface area contributed by atoms with Gasteiger partial charge in [0.1, 0.15) is 35.8 Å². The first-order valence-electron chi connectivity index (χ1n) is 10.2. The van der Waals surface area contributed by atoms with Crippen LogP contribution in [-0.4, -0.2) is 66.0 Å². The summed E-state index contributed by atoms with van der Waals surface area (Å²) in [4.78, 5) is 18.7. The fourth-order valence-electron chi connectivity index (χ4n) is 3.66. The summed E-state index contributed by atoms with van der Waals surface area (Å²) in [7, 11) is 0. The number of rotatable bonds is 6. The molecule has 1 aliphatic heterocycles. The first-order valence-corrected chi connectivity index (χ1v) is 10.2. The zero-order valence-corrected chi connectivity index (χ0v) is 17.6. The van der Waals surface area contributed by atoms with Gasteiger partial charge in [0.2, 0.25) is 5.95 Å². The lowest BCUT2D eigenvalue weighted by Crippen LogP contribution is -2.45. The average molecular weight is 451 g/mol. The maximum absolute atomic E-state index is 14.0. The van der Waals surface area contributed by atoms with Gasteiger partial charge in [0.15, 0.2) is 0 Å². The molecule has 3 atom stereocenters. The van der Waals surface area contributed by atoms with Crippen molar-refractivity contribution in [2.75, 3.05) is 23.3 Å². The quantitative estimate of drug-likeness (QED) is 0.524. The Morgan fingerprint density at radius 1 is 1.28 bits per heavy atom. The molecule has 172 valence electrons. The summed E-state index contributed by atoms with van der Waals surface area (Å²) < 4.78 is 43.2. The molecule has 1 unspecified atom stereocenters. The van der Waals surface area contributed by atoms with E-state index in [1.165, 1.54) is 23.9 Å². The summed E-state index contributed by atoms with van der Waals surface area (Å²) in [6.45, 7) is 2.09. The van der Waals surface area contributed by atoms with E-state index in [0.717, 1.165) is 6.92 Å². The highest BCUT2D eigenvalue weighted by atomic mass is 19.3. The second-order valence-electron chi connectivity index (χ2n) is 7.93. The number of anilines is 3. The molecule has 3 aromatic heterocycles. The van der Waals surface area contributed by atoms with E-state index in [9.17, 15) is 23.4 Å². The van der Waals surface area contributed by atoms with E-state index in [0.29, 0.717) is 35.2 Å². The predicted molar refractivity (Wildman–Crippen MR) is 112 cm³/mol. The molecule has 0 aliphatic carbocycles. The second kappa shape index (κ2) is 8.51. The highest BCUT2D eigenvalue weighted by Crippen LogP contribution is 2.33.